The minimum atomic E-state index is -1.20. The molecule has 0 fully saturated rings. The summed E-state index contributed by atoms with van der Waals surface area (Å²) < 4.78 is 38.6. The molecule has 4 heteroatoms. The highest BCUT2D eigenvalue weighted by molar-refractivity contribution is 5.23. The van der Waals surface area contributed by atoms with Crippen molar-refractivity contribution in [2.45, 2.75) is 18.9 Å². The van der Waals surface area contributed by atoms with Gasteiger partial charge in [-0.2, -0.15) is 0 Å². The lowest BCUT2D eigenvalue weighted by Crippen LogP contribution is -2.12. The molecule has 1 nitrogen and oxygen atoms in total. The van der Waals surface area contributed by atoms with E-state index in [2.05, 4.69) is 6.58 Å². The summed E-state index contributed by atoms with van der Waals surface area (Å²) in [7, 11) is 0. The van der Waals surface area contributed by atoms with Crippen LogP contribution in [0.4, 0.5) is 13.2 Å². The van der Waals surface area contributed by atoms with Gasteiger partial charge in [0, 0.05) is 17.7 Å². The van der Waals surface area contributed by atoms with E-state index in [1.165, 1.54) is 0 Å². The van der Waals surface area contributed by atoms with Crippen LogP contribution in [0.15, 0.2) is 24.8 Å². The van der Waals surface area contributed by atoms with Crippen molar-refractivity contribution in [2.24, 2.45) is 5.73 Å². The maximum absolute atomic E-state index is 13.2. The first-order valence-electron chi connectivity index (χ1n) is 4.57. The van der Waals surface area contributed by atoms with Crippen LogP contribution in [0.25, 0.3) is 0 Å². The molecule has 1 aromatic rings. The van der Waals surface area contributed by atoms with Crippen molar-refractivity contribution in [3.8, 4) is 0 Å². The highest BCUT2D eigenvalue weighted by atomic mass is 19.2. The maximum atomic E-state index is 13.2. The van der Waals surface area contributed by atoms with Crippen molar-refractivity contribution >= 4 is 0 Å². The smallest absolute Gasteiger partial charge is 0.161 e. The molecule has 0 spiro atoms. The first kappa shape index (κ1) is 11.8. The fourth-order valence-electron chi connectivity index (χ4n) is 1.28. The molecule has 0 saturated heterocycles. The third-order valence-electron chi connectivity index (χ3n) is 2.12. The summed E-state index contributed by atoms with van der Waals surface area (Å²) in [6.07, 6.45) is 2.68. The SMILES string of the molecule is C=CCC[C@@H](N)c1cc(F)c(F)cc1F. The number of allylic oxidation sites excluding steroid dienone is 1. The molecule has 15 heavy (non-hydrogen) atoms. The molecule has 2 N–H and O–H groups in total. The molecule has 1 atom stereocenters. The Morgan fingerprint density at radius 3 is 2.40 bits per heavy atom. The van der Waals surface area contributed by atoms with E-state index >= 15 is 0 Å². The van der Waals surface area contributed by atoms with Crippen LogP contribution in [-0.4, -0.2) is 0 Å². The number of nitrogens with two attached hydrogens (primary N) is 1. The predicted molar refractivity (Wildman–Crippen MR) is 52.7 cm³/mol. The van der Waals surface area contributed by atoms with Crippen molar-refractivity contribution in [3.63, 3.8) is 0 Å². The van der Waals surface area contributed by atoms with E-state index in [0.717, 1.165) is 6.07 Å². The zero-order chi connectivity index (χ0) is 11.4. The van der Waals surface area contributed by atoms with Gasteiger partial charge in [-0.1, -0.05) is 6.08 Å². The Hall–Kier alpha value is -1.29. The Balaban J connectivity index is 2.93. The molecule has 0 heterocycles. The summed E-state index contributed by atoms with van der Waals surface area (Å²) in [6, 6.07) is 0.676. The van der Waals surface area contributed by atoms with Gasteiger partial charge in [0.15, 0.2) is 11.6 Å². The van der Waals surface area contributed by atoms with Crippen molar-refractivity contribution < 1.29 is 13.2 Å². The molecule has 1 rings (SSSR count). The molecule has 0 unspecified atom stereocenters. The van der Waals surface area contributed by atoms with Gasteiger partial charge in [0.05, 0.1) is 0 Å². The lowest BCUT2D eigenvalue weighted by molar-refractivity contribution is 0.481. The number of hydrogen-bond donors (Lipinski definition) is 1. The number of rotatable bonds is 4. The number of hydrogen-bond acceptors (Lipinski definition) is 1. The zero-order valence-corrected chi connectivity index (χ0v) is 8.14. The minimum absolute atomic E-state index is 0.00394. The molecule has 1 aromatic carbocycles. The van der Waals surface area contributed by atoms with Crippen molar-refractivity contribution in [1.29, 1.82) is 0 Å². The lowest BCUT2D eigenvalue weighted by atomic mass is 10.0. The van der Waals surface area contributed by atoms with Crippen LogP contribution >= 0.6 is 0 Å². The Morgan fingerprint density at radius 2 is 1.80 bits per heavy atom. The van der Waals surface area contributed by atoms with Crippen LogP contribution in [-0.2, 0) is 0 Å². The van der Waals surface area contributed by atoms with Gasteiger partial charge in [-0.3, -0.25) is 0 Å². The van der Waals surface area contributed by atoms with E-state index in [9.17, 15) is 13.2 Å². The van der Waals surface area contributed by atoms with E-state index in [0.29, 0.717) is 18.9 Å². The highest BCUT2D eigenvalue weighted by Gasteiger charge is 2.14. The van der Waals surface area contributed by atoms with Crippen molar-refractivity contribution in [2.75, 3.05) is 0 Å². The zero-order valence-electron chi connectivity index (χ0n) is 8.14. The molecule has 0 aliphatic heterocycles. The average Bonchev–Trinajstić information content (AvgIpc) is 2.20. The second-order valence-corrected chi connectivity index (χ2v) is 3.26. The van der Waals surface area contributed by atoms with Crippen molar-refractivity contribution in [3.05, 3.63) is 47.8 Å². The van der Waals surface area contributed by atoms with Crippen LogP contribution in [0.1, 0.15) is 24.4 Å². The Bertz CT molecular complexity index is 363. The molecule has 0 aliphatic carbocycles. The van der Waals surface area contributed by atoms with Gasteiger partial charge in [-0.25, -0.2) is 13.2 Å². The summed E-state index contributed by atoms with van der Waals surface area (Å²) in [5.74, 6) is -3.10. The topological polar surface area (TPSA) is 26.0 Å². The van der Waals surface area contributed by atoms with Gasteiger partial charge in [0.1, 0.15) is 5.82 Å². The Kier molecular flexibility index (Phi) is 3.91. The van der Waals surface area contributed by atoms with E-state index in [1.807, 2.05) is 0 Å². The van der Waals surface area contributed by atoms with E-state index in [1.54, 1.807) is 6.08 Å². The minimum Gasteiger partial charge on any atom is -0.324 e. The molecule has 0 amide bonds. The maximum Gasteiger partial charge on any atom is 0.161 e. The molecule has 82 valence electrons. The number of halogens is 3. The molecule has 0 saturated carbocycles. The van der Waals surface area contributed by atoms with E-state index in [4.69, 9.17) is 5.73 Å². The van der Waals surface area contributed by atoms with Crippen LogP contribution in [0.5, 0.6) is 0 Å². The standard InChI is InChI=1S/C11H12F3N/c1-2-3-4-11(15)7-5-9(13)10(14)6-8(7)12/h2,5-6,11H,1,3-4,15H2/t11-/m1/s1. The molecular formula is C11H12F3N. The van der Waals surface area contributed by atoms with Crippen LogP contribution in [0.3, 0.4) is 0 Å². The summed E-state index contributed by atoms with van der Waals surface area (Å²) in [4.78, 5) is 0. The van der Waals surface area contributed by atoms with Gasteiger partial charge >= 0.3 is 0 Å². The first-order valence-corrected chi connectivity index (χ1v) is 4.57. The average molecular weight is 215 g/mol. The van der Waals surface area contributed by atoms with E-state index < -0.39 is 23.5 Å². The van der Waals surface area contributed by atoms with Gasteiger partial charge in [-0.15, -0.1) is 6.58 Å². The normalized spacial score (nSPS) is 12.5. The molecule has 0 aliphatic rings. The summed E-state index contributed by atoms with van der Waals surface area (Å²) >= 11 is 0. The molecule has 0 aromatic heterocycles. The Morgan fingerprint density at radius 1 is 1.20 bits per heavy atom. The fourth-order valence-corrected chi connectivity index (χ4v) is 1.28. The molecular weight excluding hydrogens is 203 g/mol. The second-order valence-electron chi connectivity index (χ2n) is 3.26. The summed E-state index contributed by atoms with van der Waals surface area (Å²) in [6.45, 7) is 3.50. The van der Waals surface area contributed by atoms with Gasteiger partial charge in [-0.05, 0) is 18.9 Å². The second kappa shape index (κ2) is 4.98. The van der Waals surface area contributed by atoms with Crippen molar-refractivity contribution in [1.82, 2.24) is 0 Å². The third-order valence-corrected chi connectivity index (χ3v) is 2.12. The molecule has 0 bridgehead atoms. The Labute approximate surface area is 86.4 Å². The van der Waals surface area contributed by atoms with E-state index in [-0.39, 0.29) is 5.56 Å². The van der Waals surface area contributed by atoms with Gasteiger partial charge < -0.3 is 5.73 Å². The summed E-state index contributed by atoms with van der Waals surface area (Å²) in [5, 5.41) is 0. The predicted octanol–water partition coefficient (Wildman–Crippen LogP) is 3.07. The van der Waals surface area contributed by atoms with Gasteiger partial charge in [0.25, 0.3) is 0 Å². The van der Waals surface area contributed by atoms with Crippen LogP contribution in [0, 0.1) is 17.5 Å². The third kappa shape index (κ3) is 2.83. The highest BCUT2D eigenvalue weighted by Crippen LogP contribution is 2.22. The number of benzene rings is 1. The summed E-state index contributed by atoms with van der Waals surface area (Å²) in [5.41, 5.74) is 5.62. The largest absolute Gasteiger partial charge is 0.324 e. The molecule has 0 radical (unpaired) electrons. The van der Waals surface area contributed by atoms with Crippen LogP contribution in [0.2, 0.25) is 0 Å². The first-order chi connectivity index (χ1) is 7.06. The fraction of sp³-hybridized carbons (Fsp3) is 0.273. The van der Waals surface area contributed by atoms with Crippen LogP contribution < -0.4 is 5.73 Å². The monoisotopic (exact) mass is 215 g/mol. The quantitative estimate of drug-likeness (QED) is 0.606. The van der Waals surface area contributed by atoms with Gasteiger partial charge in [0.2, 0.25) is 0 Å². The lowest BCUT2D eigenvalue weighted by Gasteiger charge is -2.12.